The van der Waals surface area contributed by atoms with Gasteiger partial charge in [0.2, 0.25) is 10.0 Å². The fourth-order valence-corrected chi connectivity index (χ4v) is 3.23. The Kier molecular flexibility index (Phi) is 6.88. The molecule has 0 aliphatic carbocycles. The molecule has 1 aromatic rings. The summed E-state index contributed by atoms with van der Waals surface area (Å²) in [5.41, 5.74) is 0.704. The molecule has 0 aromatic heterocycles. The van der Waals surface area contributed by atoms with Crippen LogP contribution >= 0.6 is 0 Å². The van der Waals surface area contributed by atoms with E-state index in [1.54, 1.807) is 21.0 Å². The first kappa shape index (κ1) is 18.5. The summed E-state index contributed by atoms with van der Waals surface area (Å²) >= 11 is 0. The fraction of sp³-hybridized carbons (Fsp3) is 0.538. The Hall–Kier alpha value is -1.55. The first-order valence-corrected chi connectivity index (χ1v) is 8.23. The number of ether oxygens (including phenoxy) is 1. The van der Waals surface area contributed by atoms with Gasteiger partial charge in [-0.1, -0.05) is 0 Å². The number of benzene rings is 1. The quantitative estimate of drug-likeness (QED) is 0.392. The third-order valence-electron chi connectivity index (χ3n) is 3.06. The van der Waals surface area contributed by atoms with Crippen molar-refractivity contribution in [1.29, 1.82) is 0 Å². The zero-order valence-corrected chi connectivity index (χ0v) is 13.7. The molecule has 0 heterocycles. The van der Waals surface area contributed by atoms with Crippen molar-refractivity contribution in [3.8, 4) is 0 Å². The van der Waals surface area contributed by atoms with Crippen molar-refractivity contribution >= 4 is 15.7 Å². The number of rotatable bonds is 9. The zero-order valence-electron chi connectivity index (χ0n) is 12.9. The lowest BCUT2D eigenvalue weighted by Crippen LogP contribution is -2.33. The van der Waals surface area contributed by atoms with Crippen LogP contribution in [0.1, 0.15) is 11.1 Å². The summed E-state index contributed by atoms with van der Waals surface area (Å²) in [6.45, 7) is 4.98. The Bertz CT molecular complexity index is 631. The van der Waals surface area contributed by atoms with E-state index >= 15 is 0 Å². The van der Waals surface area contributed by atoms with E-state index in [-0.39, 0.29) is 17.1 Å². The van der Waals surface area contributed by atoms with Gasteiger partial charge in [-0.05, 0) is 25.5 Å². The minimum absolute atomic E-state index is 0.0679. The zero-order chi connectivity index (χ0) is 16.8. The fourth-order valence-electron chi connectivity index (χ4n) is 1.96. The van der Waals surface area contributed by atoms with Crippen molar-refractivity contribution in [2.24, 2.45) is 0 Å². The second-order valence-electron chi connectivity index (χ2n) is 4.80. The van der Waals surface area contributed by atoms with Gasteiger partial charge in [-0.3, -0.25) is 10.1 Å². The van der Waals surface area contributed by atoms with Gasteiger partial charge in [0.1, 0.15) is 0 Å². The molecule has 1 aromatic carbocycles. The summed E-state index contributed by atoms with van der Waals surface area (Å²) in [5.74, 6) is 0. The first-order chi connectivity index (χ1) is 10.3. The molecule has 0 bridgehead atoms. The maximum absolute atomic E-state index is 12.2. The Morgan fingerprint density at radius 2 is 1.86 bits per heavy atom. The molecular formula is C13H21N3O5S. The lowest BCUT2D eigenvalue weighted by Gasteiger charge is -2.11. The summed E-state index contributed by atoms with van der Waals surface area (Å²) in [5, 5.41) is 13.9. The number of aryl methyl sites for hydroxylation is 2. The Balaban J connectivity index is 2.80. The van der Waals surface area contributed by atoms with Crippen LogP contribution in [0.4, 0.5) is 5.69 Å². The third kappa shape index (κ3) is 5.02. The van der Waals surface area contributed by atoms with E-state index < -0.39 is 14.9 Å². The SMILES string of the molecule is COCCNCCNS(=O)(=O)c1cc([N+](=O)[O-])c(C)cc1C. The molecule has 0 aliphatic rings. The maximum Gasteiger partial charge on any atom is 0.273 e. The van der Waals surface area contributed by atoms with Gasteiger partial charge in [-0.15, -0.1) is 0 Å². The van der Waals surface area contributed by atoms with E-state index in [9.17, 15) is 18.5 Å². The smallest absolute Gasteiger partial charge is 0.273 e. The van der Waals surface area contributed by atoms with Gasteiger partial charge in [0.05, 0.1) is 16.4 Å². The number of sulfonamides is 1. The van der Waals surface area contributed by atoms with E-state index in [1.165, 1.54) is 6.07 Å². The molecule has 8 nitrogen and oxygen atoms in total. The molecular weight excluding hydrogens is 310 g/mol. The number of hydrogen-bond donors (Lipinski definition) is 2. The minimum Gasteiger partial charge on any atom is -0.383 e. The van der Waals surface area contributed by atoms with Gasteiger partial charge in [0, 0.05) is 38.4 Å². The van der Waals surface area contributed by atoms with Crippen LogP contribution in [-0.2, 0) is 14.8 Å². The van der Waals surface area contributed by atoms with Crippen LogP contribution in [0.3, 0.4) is 0 Å². The van der Waals surface area contributed by atoms with E-state index in [0.717, 1.165) is 6.07 Å². The average Bonchev–Trinajstić information content (AvgIpc) is 2.41. The van der Waals surface area contributed by atoms with Crippen molar-refractivity contribution in [2.75, 3.05) is 33.4 Å². The molecule has 0 saturated carbocycles. The molecule has 2 N–H and O–H groups in total. The summed E-state index contributed by atoms with van der Waals surface area (Å²) in [7, 11) is -2.20. The minimum atomic E-state index is -3.78. The van der Waals surface area contributed by atoms with Gasteiger partial charge in [-0.2, -0.15) is 0 Å². The van der Waals surface area contributed by atoms with Crippen LogP contribution in [0.15, 0.2) is 17.0 Å². The number of nitro groups is 1. The highest BCUT2D eigenvalue weighted by atomic mass is 32.2. The standard InChI is InChI=1S/C13H21N3O5S/c1-10-8-11(2)13(9-12(10)16(17)18)22(19,20)15-5-4-14-6-7-21-3/h8-9,14-15H,4-7H2,1-3H3. The first-order valence-electron chi connectivity index (χ1n) is 6.74. The van der Waals surface area contributed by atoms with Crippen LogP contribution < -0.4 is 10.0 Å². The van der Waals surface area contributed by atoms with E-state index in [4.69, 9.17) is 4.74 Å². The van der Waals surface area contributed by atoms with Crippen LogP contribution in [-0.4, -0.2) is 46.7 Å². The van der Waals surface area contributed by atoms with Gasteiger partial charge >= 0.3 is 0 Å². The molecule has 9 heteroatoms. The number of nitrogens with zero attached hydrogens (tertiary/aromatic N) is 1. The molecule has 0 radical (unpaired) electrons. The highest BCUT2D eigenvalue weighted by Gasteiger charge is 2.22. The van der Waals surface area contributed by atoms with Gasteiger partial charge < -0.3 is 10.1 Å². The highest BCUT2D eigenvalue weighted by Crippen LogP contribution is 2.25. The number of hydrogen-bond acceptors (Lipinski definition) is 6. The van der Waals surface area contributed by atoms with Crippen LogP contribution in [0.5, 0.6) is 0 Å². The summed E-state index contributed by atoms with van der Waals surface area (Å²) < 4.78 is 31.8. The third-order valence-corrected chi connectivity index (χ3v) is 4.66. The molecule has 0 fully saturated rings. The molecule has 0 aliphatic heterocycles. The molecule has 0 amide bonds. The van der Waals surface area contributed by atoms with Crippen molar-refractivity contribution in [1.82, 2.24) is 10.0 Å². The number of methoxy groups -OCH3 is 1. The normalized spacial score (nSPS) is 11.6. The average molecular weight is 331 g/mol. The number of nitrogens with one attached hydrogen (secondary N) is 2. The molecule has 22 heavy (non-hydrogen) atoms. The number of nitro benzene ring substituents is 1. The molecule has 0 atom stereocenters. The van der Waals surface area contributed by atoms with E-state index in [2.05, 4.69) is 10.0 Å². The van der Waals surface area contributed by atoms with Crippen molar-refractivity contribution in [3.63, 3.8) is 0 Å². The largest absolute Gasteiger partial charge is 0.383 e. The van der Waals surface area contributed by atoms with Crippen LogP contribution in [0.25, 0.3) is 0 Å². The van der Waals surface area contributed by atoms with Crippen LogP contribution in [0, 0.1) is 24.0 Å². The maximum atomic E-state index is 12.2. The Morgan fingerprint density at radius 3 is 2.45 bits per heavy atom. The van der Waals surface area contributed by atoms with Gasteiger partial charge in [-0.25, -0.2) is 13.1 Å². The monoisotopic (exact) mass is 331 g/mol. The molecule has 0 unspecified atom stereocenters. The highest BCUT2D eigenvalue weighted by molar-refractivity contribution is 7.89. The van der Waals surface area contributed by atoms with Gasteiger partial charge in [0.15, 0.2) is 0 Å². The summed E-state index contributed by atoms with van der Waals surface area (Å²) in [4.78, 5) is 10.3. The predicted molar refractivity (Wildman–Crippen MR) is 82.5 cm³/mol. The Labute approximate surface area is 130 Å². The van der Waals surface area contributed by atoms with Crippen molar-refractivity contribution < 1.29 is 18.1 Å². The molecule has 0 saturated heterocycles. The van der Waals surface area contributed by atoms with E-state index in [0.29, 0.717) is 30.8 Å². The molecule has 124 valence electrons. The Morgan fingerprint density at radius 1 is 1.18 bits per heavy atom. The topological polar surface area (TPSA) is 111 Å². The molecule has 1 rings (SSSR count). The lowest BCUT2D eigenvalue weighted by atomic mass is 10.1. The van der Waals surface area contributed by atoms with Gasteiger partial charge in [0.25, 0.3) is 5.69 Å². The van der Waals surface area contributed by atoms with E-state index in [1.807, 2.05) is 0 Å². The summed E-state index contributed by atoms with van der Waals surface area (Å²) in [6.07, 6.45) is 0. The van der Waals surface area contributed by atoms with Crippen molar-refractivity contribution in [2.45, 2.75) is 18.7 Å². The second kappa shape index (κ2) is 8.18. The lowest BCUT2D eigenvalue weighted by molar-refractivity contribution is -0.385. The molecule has 0 spiro atoms. The van der Waals surface area contributed by atoms with Crippen molar-refractivity contribution in [3.05, 3.63) is 33.4 Å². The second-order valence-corrected chi connectivity index (χ2v) is 6.54. The predicted octanol–water partition coefficient (Wildman–Crippen LogP) is 0.726. The summed E-state index contributed by atoms with van der Waals surface area (Å²) in [6, 6.07) is 2.61. The van der Waals surface area contributed by atoms with Crippen LogP contribution in [0.2, 0.25) is 0 Å².